The third kappa shape index (κ3) is 1.19. The maximum atomic E-state index is 8.97. The summed E-state index contributed by atoms with van der Waals surface area (Å²) >= 11 is 0. The summed E-state index contributed by atoms with van der Waals surface area (Å²) in [6.07, 6.45) is 0. The van der Waals surface area contributed by atoms with E-state index in [1.807, 2.05) is 0 Å². The number of phenols is 1. The summed E-state index contributed by atoms with van der Waals surface area (Å²) in [5.41, 5.74) is 12.0. The molecule has 0 aliphatic rings. The summed E-state index contributed by atoms with van der Waals surface area (Å²) in [7, 11) is 0. The lowest BCUT2D eigenvalue weighted by Gasteiger charge is -1.99. The molecule has 10 heavy (non-hydrogen) atoms. The Labute approximate surface area is 59.3 Å². The first kappa shape index (κ1) is 6.89. The van der Waals surface area contributed by atoms with Gasteiger partial charge >= 0.3 is 0 Å². The van der Waals surface area contributed by atoms with E-state index < -0.39 is 0 Å². The second-order valence-corrected chi connectivity index (χ2v) is 2.10. The number of nitrogens with two attached hydrogens (primary N) is 2. The van der Waals surface area contributed by atoms with Gasteiger partial charge in [-0.15, -0.1) is 0 Å². The average Bonchev–Trinajstić information content (AvgIpc) is 1.95. The molecular weight excluding hydrogens is 128 g/mol. The van der Waals surface area contributed by atoms with Crippen LogP contribution in [0.4, 0.5) is 5.69 Å². The smallest absolute Gasteiger partial charge is 0.138 e. The Morgan fingerprint density at radius 1 is 1.40 bits per heavy atom. The fourth-order valence-corrected chi connectivity index (χ4v) is 0.731. The van der Waals surface area contributed by atoms with Crippen LogP contribution >= 0.6 is 0 Å². The van der Waals surface area contributed by atoms with E-state index in [-0.39, 0.29) is 5.75 Å². The van der Waals surface area contributed by atoms with Gasteiger partial charge in [-0.1, -0.05) is 6.07 Å². The number of benzene rings is 1. The molecule has 0 aromatic heterocycles. The van der Waals surface area contributed by atoms with E-state index in [1.165, 1.54) is 6.07 Å². The van der Waals surface area contributed by atoms with Crippen LogP contribution < -0.4 is 11.5 Å². The molecule has 0 spiro atoms. The van der Waals surface area contributed by atoms with Crippen LogP contribution in [0.5, 0.6) is 5.75 Å². The Kier molecular flexibility index (Phi) is 1.78. The molecule has 5 N–H and O–H groups in total. The van der Waals surface area contributed by atoms with Crippen LogP contribution in [0.1, 0.15) is 5.56 Å². The number of hydrogen-bond donors (Lipinski definition) is 3. The van der Waals surface area contributed by atoms with Crippen molar-refractivity contribution < 1.29 is 5.11 Å². The van der Waals surface area contributed by atoms with Crippen LogP contribution in [0.3, 0.4) is 0 Å². The van der Waals surface area contributed by atoms with Crippen LogP contribution in [-0.2, 0) is 6.54 Å². The first-order valence-corrected chi connectivity index (χ1v) is 3.01. The zero-order chi connectivity index (χ0) is 7.56. The first-order valence-electron chi connectivity index (χ1n) is 3.01. The van der Waals surface area contributed by atoms with Crippen LogP contribution in [0.25, 0.3) is 0 Å². The van der Waals surface area contributed by atoms with Gasteiger partial charge in [-0.25, -0.2) is 0 Å². The Morgan fingerprint density at radius 3 is 2.60 bits per heavy atom. The topological polar surface area (TPSA) is 72.3 Å². The van der Waals surface area contributed by atoms with Crippen molar-refractivity contribution in [2.24, 2.45) is 5.73 Å². The molecule has 0 saturated carbocycles. The molecule has 0 atom stereocenters. The summed E-state index contributed by atoms with van der Waals surface area (Å²) < 4.78 is 0. The molecule has 0 fully saturated rings. The maximum absolute atomic E-state index is 8.97. The summed E-state index contributed by atoms with van der Waals surface area (Å²) in [5, 5.41) is 8.97. The molecule has 54 valence electrons. The molecule has 0 amide bonds. The van der Waals surface area contributed by atoms with Crippen molar-refractivity contribution in [3.63, 3.8) is 0 Å². The summed E-state index contributed by atoms with van der Waals surface area (Å²) in [4.78, 5) is 0. The number of rotatable bonds is 1. The highest BCUT2D eigenvalue weighted by atomic mass is 16.3. The fraction of sp³-hybridized carbons (Fsp3) is 0.143. The predicted molar refractivity (Wildman–Crippen MR) is 40.4 cm³/mol. The zero-order valence-electron chi connectivity index (χ0n) is 5.54. The van der Waals surface area contributed by atoms with Crippen molar-refractivity contribution in [2.75, 3.05) is 5.73 Å². The zero-order valence-corrected chi connectivity index (χ0v) is 5.54. The number of anilines is 1. The molecule has 1 rings (SSSR count). The Morgan fingerprint density at radius 2 is 2.10 bits per heavy atom. The fourth-order valence-electron chi connectivity index (χ4n) is 0.731. The molecule has 0 bridgehead atoms. The molecule has 0 saturated heterocycles. The van der Waals surface area contributed by atoms with Gasteiger partial charge in [0.2, 0.25) is 0 Å². The normalized spacial score (nSPS) is 9.70. The standard InChI is InChI=1S/C7H10N2O/c8-4-5-1-2-7(10)6(9)3-5/h1-3,10H,4,8-9H2. The molecule has 0 aliphatic carbocycles. The van der Waals surface area contributed by atoms with E-state index in [4.69, 9.17) is 16.6 Å². The van der Waals surface area contributed by atoms with Gasteiger partial charge in [0.05, 0.1) is 5.69 Å². The van der Waals surface area contributed by atoms with E-state index in [0.717, 1.165) is 5.56 Å². The minimum Gasteiger partial charge on any atom is -0.506 e. The van der Waals surface area contributed by atoms with E-state index in [2.05, 4.69) is 0 Å². The number of hydrogen-bond acceptors (Lipinski definition) is 3. The molecule has 3 heteroatoms. The third-order valence-corrected chi connectivity index (χ3v) is 1.33. The van der Waals surface area contributed by atoms with Crippen molar-refractivity contribution in [3.8, 4) is 5.75 Å². The lowest BCUT2D eigenvalue weighted by molar-refractivity contribution is 0.478. The van der Waals surface area contributed by atoms with Crippen LogP contribution in [-0.4, -0.2) is 5.11 Å². The predicted octanol–water partition coefficient (Wildman–Crippen LogP) is 0.433. The van der Waals surface area contributed by atoms with E-state index in [1.54, 1.807) is 12.1 Å². The number of phenolic OH excluding ortho intramolecular Hbond substituents is 1. The van der Waals surface area contributed by atoms with Crippen molar-refractivity contribution in [1.29, 1.82) is 0 Å². The molecule has 0 unspecified atom stereocenters. The van der Waals surface area contributed by atoms with Gasteiger partial charge in [0.1, 0.15) is 5.75 Å². The molecule has 0 radical (unpaired) electrons. The second kappa shape index (κ2) is 2.58. The van der Waals surface area contributed by atoms with Crippen LogP contribution in [0.15, 0.2) is 18.2 Å². The second-order valence-electron chi connectivity index (χ2n) is 2.10. The van der Waals surface area contributed by atoms with Crippen molar-refractivity contribution in [2.45, 2.75) is 6.54 Å². The maximum Gasteiger partial charge on any atom is 0.138 e. The van der Waals surface area contributed by atoms with Gasteiger partial charge in [0.15, 0.2) is 0 Å². The molecule has 1 aromatic carbocycles. The van der Waals surface area contributed by atoms with Gasteiger partial charge in [0, 0.05) is 6.54 Å². The monoisotopic (exact) mass is 138 g/mol. The largest absolute Gasteiger partial charge is 0.506 e. The Hall–Kier alpha value is -1.22. The molecular formula is C7H10N2O. The Bertz CT molecular complexity index is 235. The number of nitrogen functional groups attached to an aromatic ring is 1. The average molecular weight is 138 g/mol. The molecule has 0 aliphatic heterocycles. The minimum atomic E-state index is 0.109. The lowest BCUT2D eigenvalue weighted by atomic mass is 10.2. The molecule has 3 nitrogen and oxygen atoms in total. The first-order chi connectivity index (χ1) is 4.74. The van der Waals surface area contributed by atoms with E-state index in [9.17, 15) is 0 Å². The van der Waals surface area contributed by atoms with Crippen LogP contribution in [0, 0.1) is 0 Å². The SMILES string of the molecule is NCc1ccc(O)c(N)c1. The van der Waals surface area contributed by atoms with Crippen molar-refractivity contribution >= 4 is 5.69 Å². The number of aromatic hydroxyl groups is 1. The van der Waals surface area contributed by atoms with Gasteiger partial charge in [-0.2, -0.15) is 0 Å². The van der Waals surface area contributed by atoms with Gasteiger partial charge < -0.3 is 16.6 Å². The van der Waals surface area contributed by atoms with Crippen LogP contribution in [0.2, 0.25) is 0 Å². The van der Waals surface area contributed by atoms with E-state index >= 15 is 0 Å². The molecule has 1 aromatic rings. The minimum absolute atomic E-state index is 0.109. The third-order valence-electron chi connectivity index (χ3n) is 1.33. The van der Waals surface area contributed by atoms with Gasteiger partial charge in [-0.05, 0) is 17.7 Å². The van der Waals surface area contributed by atoms with Gasteiger partial charge in [-0.3, -0.25) is 0 Å². The summed E-state index contributed by atoms with van der Waals surface area (Å²) in [6.45, 7) is 0.449. The molecule has 0 heterocycles. The lowest BCUT2D eigenvalue weighted by Crippen LogP contribution is -1.97. The van der Waals surface area contributed by atoms with Gasteiger partial charge in [0.25, 0.3) is 0 Å². The summed E-state index contributed by atoms with van der Waals surface area (Å²) in [5.74, 6) is 0.109. The van der Waals surface area contributed by atoms with Crippen molar-refractivity contribution in [3.05, 3.63) is 23.8 Å². The Balaban J connectivity index is 3.04. The highest BCUT2D eigenvalue weighted by Gasteiger charge is 1.95. The highest BCUT2D eigenvalue weighted by Crippen LogP contribution is 2.19. The summed E-state index contributed by atoms with van der Waals surface area (Å²) in [6, 6.07) is 4.94. The quantitative estimate of drug-likeness (QED) is 0.389. The van der Waals surface area contributed by atoms with E-state index in [0.29, 0.717) is 12.2 Å². The van der Waals surface area contributed by atoms with Crippen molar-refractivity contribution in [1.82, 2.24) is 0 Å². The highest BCUT2D eigenvalue weighted by molar-refractivity contribution is 5.53.